The van der Waals surface area contributed by atoms with Gasteiger partial charge >= 0.3 is 6.03 Å². The SMILES string of the molecule is CCOc1ccccc1NC(=O)N(CC(=O)N1c2ccccc2-n2cccc2C1c1cc(OC)ccc1OC)C1CC1. The normalized spacial score (nSPS) is 15.3. The molecule has 4 aromatic rings. The highest BCUT2D eigenvalue weighted by molar-refractivity contribution is 6.02. The van der Waals surface area contributed by atoms with Gasteiger partial charge in [0.05, 0.1) is 43.6 Å². The van der Waals surface area contributed by atoms with Crippen molar-refractivity contribution < 1.29 is 23.8 Å². The lowest BCUT2D eigenvalue weighted by atomic mass is 9.96. The third-order valence-corrected chi connectivity index (χ3v) is 7.70. The van der Waals surface area contributed by atoms with Crippen LogP contribution in [0, 0.1) is 0 Å². The van der Waals surface area contributed by atoms with Crippen LogP contribution < -0.4 is 24.4 Å². The molecular weight excluding hydrogens is 532 g/mol. The molecule has 1 unspecified atom stereocenters. The molecule has 1 aliphatic heterocycles. The fourth-order valence-electron chi connectivity index (χ4n) is 5.62. The van der Waals surface area contributed by atoms with E-state index in [2.05, 4.69) is 9.88 Å². The number of hydrogen-bond acceptors (Lipinski definition) is 5. The van der Waals surface area contributed by atoms with Crippen LogP contribution in [0.4, 0.5) is 16.2 Å². The van der Waals surface area contributed by atoms with Crippen LogP contribution in [0.2, 0.25) is 0 Å². The van der Waals surface area contributed by atoms with Gasteiger partial charge in [-0.3, -0.25) is 9.69 Å². The molecule has 3 amide bonds. The van der Waals surface area contributed by atoms with E-state index in [-0.39, 0.29) is 24.5 Å². The lowest BCUT2D eigenvalue weighted by molar-refractivity contribution is -0.119. The number of urea groups is 1. The molecule has 0 spiro atoms. The van der Waals surface area contributed by atoms with Crippen LogP contribution in [0.1, 0.15) is 37.1 Å². The first-order chi connectivity index (χ1) is 20.5. The molecule has 0 saturated heterocycles. The number of aromatic nitrogens is 1. The highest BCUT2D eigenvalue weighted by Crippen LogP contribution is 2.45. The van der Waals surface area contributed by atoms with Crippen LogP contribution in [0.3, 0.4) is 0 Å². The molecule has 1 atom stereocenters. The first-order valence-electron chi connectivity index (χ1n) is 14.1. The van der Waals surface area contributed by atoms with Gasteiger partial charge in [-0.2, -0.15) is 0 Å². The average Bonchev–Trinajstić information content (AvgIpc) is 3.74. The zero-order valence-electron chi connectivity index (χ0n) is 23.9. The van der Waals surface area contributed by atoms with Crippen LogP contribution in [0.5, 0.6) is 17.2 Å². The number of carbonyl (C=O) groups excluding carboxylic acids is 2. The third kappa shape index (κ3) is 5.02. The number of para-hydroxylation sites is 4. The smallest absolute Gasteiger partial charge is 0.322 e. The molecule has 1 fully saturated rings. The number of nitrogens with one attached hydrogen (secondary N) is 1. The summed E-state index contributed by atoms with van der Waals surface area (Å²) >= 11 is 0. The summed E-state index contributed by atoms with van der Waals surface area (Å²) in [5.74, 6) is 1.67. The molecule has 2 heterocycles. The molecule has 6 rings (SSSR count). The van der Waals surface area contributed by atoms with Gasteiger partial charge in [-0.05, 0) is 74.4 Å². The van der Waals surface area contributed by atoms with Gasteiger partial charge < -0.3 is 29.0 Å². The van der Waals surface area contributed by atoms with Gasteiger partial charge in [0.15, 0.2) is 0 Å². The van der Waals surface area contributed by atoms with Crippen LogP contribution in [0.15, 0.2) is 85.1 Å². The van der Waals surface area contributed by atoms with Gasteiger partial charge in [-0.25, -0.2) is 4.79 Å². The minimum Gasteiger partial charge on any atom is -0.497 e. The second kappa shape index (κ2) is 11.5. The standard InChI is InChI=1S/C33H34N4O5/c1-4-42-30-14-8-5-10-25(30)34-33(39)36(22-15-16-22)21-31(38)37-27-12-7-6-11-26(27)35-19-9-13-28(35)32(37)24-20-23(40-2)17-18-29(24)41-3/h5-14,17-20,22,32H,4,15-16,21H2,1-3H3,(H,34,39). The highest BCUT2D eigenvalue weighted by Gasteiger charge is 2.41. The number of fused-ring (bicyclic) bond motifs is 3. The summed E-state index contributed by atoms with van der Waals surface area (Å²) in [7, 11) is 3.23. The van der Waals surface area contributed by atoms with E-state index in [1.165, 1.54) is 0 Å². The van der Waals surface area contributed by atoms with E-state index in [4.69, 9.17) is 14.2 Å². The average molecular weight is 567 g/mol. The molecular formula is C33H34N4O5. The van der Waals surface area contributed by atoms with E-state index >= 15 is 0 Å². The van der Waals surface area contributed by atoms with Crippen molar-refractivity contribution in [2.45, 2.75) is 31.8 Å². The number of amides is 3. The van der Waals surface area contributed by atoms with Gasteiger partial charge in [-0.1, -0.05) is 24.3 Å². The Balaban J connectivity index is 1.38. The zero-order valence-corrected chi connectivity index (χ0v) is 23.9. The second-order valence-corrected chi connectivity index (χ2v) is 10.3. The Bertz CT molecular complexity index is 1610. The molecule has 0 radical (unpaired) electrons. The van der Waals surface area contributed by atoms with E-state index in [0.29, 0.717) is 29.5 Å². The number of methoxy groups -OCH3 is 2. The first kappa shape index (κ1) is 27.3. The minimum atomic E-state index is -0.518. The van der Waals surface area contributed by atoms with Crippen molar-refractivity contribution in [1.29, 1.82) is 0 Å². The summed E-state index contributed by atoms with van der Waals surface area (Å²) < 4.78 is 19.1. The number of rotatable bonds is 9. The quantitative estimate of drug-likeness (QED) is 0.268. The first-order valence-corrected chi connectivity index (χ1v) is 14.1. The summed E-state index contributed by atoms with van der Waals surface area (Å²) in [6.45, 7) is 2.28. The molecule has 1 N–H and O–H groups in total. The van der Waals surface area contributed by atoms with Crippen molar-refractivity contribution in [2.24, 2.45) is 0 Å². The van der Waals surface area contributed by atoms with Crippen molar-refractivity contribution in [3.05, 3.63) is 96.3 Å². The third-order valence-electron chi connectivity index (χ3n) is 7.70. The van der Waals surface area contributed by atoms with Crippen LogP contribution in [-0.4, -0.2) is 54.8 Å². The molecule has 1 saturated carbocycles. The Kier molecular flexibility index (Phi) is 7.48. The maximum atomic E-state index is 14.5. The molecule has 1 aliphatic carbocycles. The summed E-state index contributed by atoms with van der Waals surface area (Å²) in [6, 6.07) is 23.8. The van der Waals surface area contributed by atoms with Gasteiger partial charge in [0.25, 0.3) is 0 Å². The van der Waals surface area contributed by atoms with E-state index < -0.39 is 6.04 Å². The predicted molar refractivity (Wildman–Crippen MR) is 161 cm³/mol. The van der Waals surface area contributed by atoms with Gasteiger partial charge in [-0.15, -0.1) is 0 Å². The monoisotopic (exact) mass is 566 g/mol. The number of benzene rings is 3. The molecule has 216 valence electrons. The van der Waals surface area contributed by atoms with E-state index in [0.717, 1.165) is 35.5 Å². The summed E-state index contributed by atoms with van der Waals surface area (Å²) in [5, 5.41) is 2.98. The van der Waals surface area contributed by atoms with Crippen LogP contribution >= 0.6 is 0 Å². The zero-order chi connectivity index (χ0) is 29.2. The molecule has 3 aromatic carbocycles. The van der Waals surface area contributed by atoms with E-state index in [1.54, 1.807) is 30.1 Å². The molecule has 42 heavy (non-hydrogen) atoms. The van der Waals surface area contributed by atoms with Crippen molar-refractivity contribution in [3.8, 4) is 22.9 Å². The minimum absolute atomic E-state index is 0.0121. The summed E-state index contributed by atoms with van der Waals surface area (Å²) in [5.41, 5.74) is 3.90. The largest absolute Gasteiger partial charge is 0.497 e. The molecule has 0 bridgehead atoms. The maximum absolute atomic E-state index is 14.5. The van der Waals surface area contributed by atoms with Crippen molar-refractivity contribution in [1.82, 2.24) is 9.47 Å². The molecule has 1 aromatic heterocycles. The van der Waals surface area contributed by atoms with Crippen LogP contribution in [-0.2, 0) is 4.79 Å². The number of ether oxygens (including phenoxy) is 3. The number of anilines is 2. The number of hydrogen-bond donors (Lipinski definition) is 1. The Morgan fingerprint density at radius 3 is 2.40 bits per heavy atom. The fourth-order valence-corrected chi connectivity index (χ4v) is 5.62. The predicted octanol–water partition coefficient (Wildman–Crippen LogP) is 6.03. The molecule has 2 aliphatic rings. The van der Waals surface area contributed by atoms with Crippen molar-refractivity contribution >= 4 is 23.3 Å². The molecule has 9 nitrogen and oxygen atoms in total. The summed E-state index contributed by atoms with van der Waals surface area (Å²) in [4.78, 5) is 31.6. The van der Waals surface area contributed by atoms with Crippen molar-refractivity contribution in [3.63, 3.8) is 0 Å². The van der Waals surface area contributed by atoms with Gasteiger partial charge in [0.2, 0.25) is 5.91 Å². The lowest BCUT2D eigenvalue weighted by Crippen LogP contribution is -2.48. The topological polar surface area (TPSA) is 85.3 Å². The lowest BCUT2D eigenvalue weighted by Gasteiger charge is -2.40. The Morgan fingerprint density at radius 2 is 1.67 bits per heavy atom. The van der Waals surface area contributed by atoms with Crippen molar-refractivity contribution in [2.75, 3.05) is 37.6 Å². The Hall–Kier alpha value is -4.92. The maximum Gasteiger partial charge on any atom is 0.322 e. The van der Waals surface area contributed by atoms with Crippen LogP contribution in [0.25, 0.3) is 5.69 Å². The molecule has 9 heteroatoms. The Morgan fingerprint density at radius 1 is 0.905 bits per heavy atom. The fraction of sp³-hybridized carbons (Fsp3) is 0.273. The Labute approximate surface area is 245 Å². The number of nitrogens with zero attached hydrogens (tertiary/aromatic N) is 3. The second-order valence-electron chi connectivity index (χ2n) is 10.3. The number of carbonyl (C=O) groups is 2. The van der Waals surface area contributed by atoms with Gasteiger partial charge in [0.1, 0.15) is 29.8 Å². The van der Waals surface area contributed by atoms with E-state index in [1.807, 2.05) is 85.9 Å². The highest BCUT2D eigenvalue weighted by atomic mass is 16.5. The van der Waals surface area contributed by atoms with E-state index in [9.17, 15) is 9.59 Å². The van der Waals surface area contributed by atoms with Gasteiger partial charge in [0, 0.05) is 17.8 Å². The summed E-state index contributed by atoms with van der Waals surface area (Å²) in [6.07, 6.45) is 3.69.